The van der Waals surface area contributed by atoms with Crippen molar-refractivity contribution in [1.82, 2.24) is 0 Å². The van der Waals surface area contributed by atoms with Crippen molar-refractivity contribution in [3.8, 4) is 0 Å². The second-order valence-corrected chi connectivity index (χ2v) is 8.86. The van der Waals surface area contributed by atoms with Crippen LogP contribution in [0.5, 0.6) is 0 Å². The molecule has 3 heteroatoms. The van der Waals surface area contributed by atoms with E-state index in [1.54, 1.807) is 12.7 Å². The molecule has 0 spiro atoms. The van der Waals surface area contributed by atoms with Gasteiger partial charge in [-0.3, -0.25) is 4.79 Å². The van der Waals surface area contributed by atoms with Crippen molar-refractivity contribution >= 4 is 22.2 Å². The van der Waals surface area contributed by atoms with Crippen LogP contribution in [0, 0.1) is 11.3 Å². The van der Waals surface area contributed by atoms with E-state index >= 15 is 0 Å². The Morgan fingerprint density at radius 3 is 2.43 bits per heavy atom. The van der Waals surface area contributed by atoms with Crippen molar-refractivity contribution in [3.05, 3.63) is 58.6 Å². The van der Waals surface area contributed by atoms with Crippen molar-refractivity contribution in [2.24, 2.45) is 11.3 Å². The Morgan fingerprint density at radius 2 is 1.90 bits per heavy atom. The largest absolute Gasteiger partial charge is 0.380 e. The van der Waals surface area contributed by atoms with E-state index in [0.29, 0.717) is 11.0 Å². The number of aldehydes is 1. The van der Waals surface area contributed by atoms with Gasteiger partial charge < -0.3 is 4.74 Å². The zero-order valence-electron chi connectivity index (χ0n) is 19.6. The maximum Gasteiger partial charge on any atom is 0.146 e. The predicted octanol–water partition coefficient (Wildman–Crippen LogP) is 8.23. The molecule has 0 N–H and O–H groups in total. The van der Waals surface area contributed by atoms with Crippen LogP contribution < -0.4 is 0 Å². The lowest BCUT2D eigenvalue weighted by Gasteiger charge is -2.38. The van der Waals surface area contributed by atoms with Crippen molar-refractivity contribution in [1.29, 1.82) is 0 Å². The van der Waals surface area contributed by atoms with Crippen LogP contribution in [0.2, 0.25) is 0 Å². The summed E-state index contributed by atoms with van der Waals surface area (Å²) in [7, 11) is 1.67. The zero-order valence-corrected chi connectivity index (χ0v) is 21.2. The van der Waals surface area contributed by atoms with Gasteiger partial charge in [-0.05, 0) is 66.0 Å². The van der Waals surface area contributed by atoms with Gasteiger partial charge >= 0.3 is 0 Å². The smallest absolute Gasteiger partial charge is 0.146 e. The average molecular weight is 478 g/mol. The summed E-state index contributed by atoms with van der Waals surface area (Å²) in [6, 6.07) is 9.88. The summed E-state index contributed by atoms with van der Waals surface area (Å²) in [6.45, 7) is 12.3. The highest BCUT2D eigenvalue weighted by Gasteiger charge is 2.42. The van der Waals surface area contributed by atoms with Gasteiger partial charge in [-0.25, -0.2) is 0 Å². The molecule has 0 aliphatic heterocycles. The number of hydrogen-bond acceptors (Lipinski definition) is 2. The number of carbonyl (C=O) groups excluding carboxylic acids is 1. The molecule has 1 aromatic carbocycles. The standard InChI is InChI=1S/C14H18O2.C11H17Br.C2H6/c1-4-13(16-3)14(11(2)10-15)12-8-6-5-7-9-12;1-11-6-2-4-9(8-12)10(11)5-3-7-11;1-2/h5-10,13-14H,2,4H2,1,3H3;8,10H,2-7H2,1H3;1-2H3/b;9-8+;. The van der Waals surface area contributed by atoms with Gasteiger partial charge in [0, 0.05) is 13.0 Å². The number of methoxy groups -OCH3 is 1. The van der Waals surface area contributed by atoms with Crippen molar-refractivity contribution in [2.75, 3.05) is 7.11 Å². The van der Waals surface area contributed by atoms with Gasteiger partial charge in [-0.2, -0.15) is 0 Å². The average Bonchev–Trinajstić information content (AvgIpc) is 3.21. The van der Waals surface area contributed by atoms with Crippen LogP contribution in [0.15, 0.2) is 53.0 Å². The molecule has 2 nitrogen and oxygen atoms in total. The number of ether oxygens (including phenoxy) is 1. The summed E-state index contributed by atoms with van der Waals surface area (Å²) < 4.78 is 5.42. The quantitative estimate of drug-likeness (QED) is 0.305. The highest BCUT2D eigenvalue weighted by molar-refractivity contribution is 9.11. The maximum absolute atomic E-state index is 10.9. The third-order valence-corrected chi connectivity index (χ3v) is 7.26. The van der Waals surface area contributed by atoms with E-state index in [1.807, 2.05) is 51.1 Å². The van der Waals surface area contributed by atoms with Crippen LogP contribution in [0.3, 0.4) is 0 Å². The fourth-order valence-corrected chi connectivity index (χ4v) is 5.65. The van der Waals surface area contributed by atoms with Crippen LogP contribution in [-0.2, 0) is 9.53 Å². The lowest BCUT2D eigenvalue weighted by atomic mass is 9.68. The van der Waals surface area contributed by atoms with Gasteiger partial charge in [0.1, 0.15) is 6.29 Å². The highest BCUT2D eigenvalue weighted by atomic mass is 79.9. The van der Waals surface area contributed by atoms with Crippen LogP contribution in [0.1, 0.15) is 84.1 Å². The van der Waals surface area contributed by atoms with Crippen LogP contribution in [0.4, 0.5) is 0 Å². The predicted molar refractivity (Wildman–Crippen MR) is 133 cm³/mol. The van der Waals surface area contributed by atoms with Gasteiger partial charge in [-0.15, -0.1) is 0 Å². The first-order valence-electron chi connectivity index (χ1n) is 11.5. The van der Waals surface area contributed by atoms with E-state index in [1.165, 1.54) is 38.5 Å². The third-order valence-electron chi connectivity index (χ3n) is 6.67. The Bertz CT molecular complexity index is 663. The fraction of sp³-hybridized carbons (Fsp3) is 0.593. The van der Waals surface area contributed by atoms with Crippen molar-refractivity contribution < 1.29 is 9.53 Å². The molecule has 2 fully saturated rings. The third kappa shape index (κ3) is 6.92. The Hall–Kier alpha value is -1.19. The first-order valence-corrected chi connectivity index (χ1v) is 12.4. The van der Waals surface area contributed by atoms with Crippen molar-refractivity contribution in [3.63, 3.8) is 0 Å². The second kappa shape index (κ2) is 14.0. The summed E-state index contributed by atoms with van der Waals surface area (Å²) in [5.41, 5.74) is 3.99. The van der Waals surface area contributed by atoms with Gasteiger partial charge in [0.2, 0.25) is 0 Å². The molecular formula is C27H41BrO2. The molecule has 30 heavy (non-hydrogen) atoms. The normalized spacial score (nSPS) is 25.7. The van der Waals surface area contributed by atoms with Gasteiger partial charge in [0.25, 0.3) is 0 Å². The fourth-order valence-electron chi connectivity index (χ4n) is 5.11. The minimum absolute atomic E-state index is 0.0000926. The van der Waals surface area contributed by atoms with Crippen LogP contribution >= 0.6 is 15.9 Å². The molecule has 0 heterocycles. The number of benzene rings is 1. The Labute approximate surface area is 193 Å². The molecule has 0 amide bonds. The summed E-state index contributed by atoms with van der Waals surface area (Å²) in [6.07, 6.45) is 10.2. The van der Waals surface area contributed by atoms with Crippen LogP contribution in [-0.4, -0.2) is 19.5 Å². The Balaban J connectivity index is 0.000000285. The Kier molecular flexibility index (Phi) is 12.5. The van der Waals surface area contributed by atoms with E-state index in [0.717, 1.165) is 24.2 Å². The van der Waals surface area contributed by atoms with E-state index in [2.05, 4.69) is 34.4 Å². The summed E-state index contributed by atoms with van der Waals surface area (Å²) in [5, 5.41) is 0. The number of halogens is 1. The molecule has 2 saturated carbocycles. The van der Waals surface area contributed by atoms with Crippen LogP contribution in [0.25, 0.3) is 0 Å². The molecule has 2 aliphatic carbocycles. The number of fused-ring (bicyclic) bond motifs is 1. The minimum atomic E-state index is -0.0475. The molecule has 4 atom stereocenters. The number of carbonyl (C=O) groups is 1. The number of rotatable bonds is 6. The van der Waals surface area contributed by atoms with Crippen molar-refractivity contribution in [2.45, 2.75) is 84.7 Å². The molecule has 2 aliphatic rings. The van der Waals surface area contributed by atoms with Gasteiger partial charge in [0.05, 0.1) is 6.10 Å². The van der Waals surface area contributed by atoms with Gasteiger partial charge in [-0.1, -0.05) is 92.5 Å². The SMILES string of the molecule is C=C(C=O)C(c1ccccc1)C(CC)OC.CC.CC12CCC/C(=C\Br)C1CCC2. The topological polar surface area (TPSA) is 26.3 Å². The van der Waals surface area contributed by atoms with E-state index in [-0.39, 0.29) is 12.0 Å². The van der Waals surface area contributed by atoms with E-state index < -0.39 is 0 Å². The lowest BCUT2D eigenvalue weighted by Crippen LogP contribution is -2.27. The summed E-state index contributed by atoms with van der Waals surface area (Å²) in [4.78, 5) is 13.1. The number of hydrogen-bond donors (Lipinski definition) is 0. The summed E-state index contributed by atoms with van der Waals surface area (Å²) >= 11 is 3.51. The second-order valence-electron chi connectivity index (χ2n) is 8.40. The van der Waals surface area contributed by atoms with Gasteiger partial charge in [0.15, 0.2) is 0 Å². The van der Waals surface area contributed by atoms with E-state index in [9.17, 15) is 4.79 Å². The molecule has 0 radical (unpaired) electrons. The molecule has 0 bridgehead atoms. The first kappa shape index (κ1) is 26.8. The molecule has 4 unspecified atom stereocenters. The number of allylic oxidation sites excluding steroid dienone is 1. The highest BCUT2D eigenvalue weighted by Crippen LogP contribution is 2.54. The molecule has 1 aromatic rings. The Morgan fingerprint density at radius 1 is 1.27 bits per heavy atom. The monoisotopic (exact) mass is 476 g/mol. The molecule has 168 valence electrons. The molecule has 0 aromatic heterocycles. The molecular weight excluding hydrogens is 436 g/mol. The summed E-state index contributed by atoms with van der Waals surface area (Å²) in [5.74, 6) is 0.860. The minimum Gasteiger partial charge on any atom is -0.380 e. The zero-order chi connectivity index (χ0) is 22.6. The lowest BCUT2D eigenvalue weighted by molar-refractivity contribution is -0.105. The maximum atomic E-state index is 10.9. The first-order chi connectivity index (χ1) is 14.5. The van der Waals surface area contributed by atoms with E-state index in [4.69, 9.17) is 4.74 Å². The molecule has 3 rings (SSSR count). The molecule has 0 saturated heterocycles.